The maximum absolute atomic E-state index is 11.3. The lowest BCUT2D eigenvalue weighted by atomic mass is 10.2. The van der Waals surface area contributed by atoms with Crippen molar-refractivity contribution in [2.75, 3.05) is 20.8 Å². The summed E-state index contributed by atoms with van der Waals surface area (Å²) in [6.45, 7) is 0.313. The Morgan fingerprint density at radius 2 is 1.92 bits per heavy atom. The summed E-state index contributed by atoms with van der Waals surface area (Å²) >= 11 is 0. The van der Waals surface area contributed by atoms with Crippen LogP contribution in [0.15, 0.2) is 30.3 Å². The molecule has 13 heavy (non-hydrogen) atoms. The van der Waals surface area contributed by atoms with E-state index in [4.69, 9.17) is 4.74 Å². The number of carbonyl (C=O) groups is 1. The minimum atomic E-state index is -0.283. The highest BCUT2D eigenvalue weighted by Gasteiger charge is 2.05. The van der Waals surface area contributed by atoms with Gasteiger partial charge in [-0.3, -0.25) is 4.90 Å². The van der Waals surface area contributed by atoms with E-state index >= 15 is 0 Å². The van der Waals surface area contributed by atoms with Crippen molar-refractivity contribution < 1.29 is 9.53 Å². The van der Waals surface area contributed by atoms with E-state index in [9.17, 15) is 4.79 Å². The van der Waals surface area contributed by atoms with Gasteiger partial charge < -0.3 is 4.74 Å². The standard InChI is InChI=1S/C10H13NO2/c1-11(2)8-13-10(12)9-6-4-3-5-7-9/h3-7H,8H2,1-2H3. The summed E-state index contributed by atoms with van der Waals surface area (Å²) in [5.74, 6) is -0.283. The van der Waals surface area contributed by atoms with Gasteiger partial charge in [-0.15, -0.1) is 0 Å². The first-order valence-electron chi connectivity index (χ1n) is 4.07. The Hall–Kier alpha value is -1.35. The molecular weight excluding hydrogens is 166 g/mol. The van der Waals surface area contributed by atoms with E-state index in [-0.39, 0.29) is 5.97 Å². The largest absolute Gasteiger partial charge is 0.446 e. The predicted molar refractivity (Wildman–Crippen MR) is 50.4 cm³/mol. The van der Waals surface area contributed by atoms with Crippen LogP contribution < -0.4 is 0 Å². The second-order valence-corrected chi connectivity index (χ2v) is 3.01. The Morgan fingerprint density at radius 1 is 1.31 bits per heavy atom. The van der Waals surface area contributed by atoms with Gasteiger partial charge in [0.25, 0.3) is 0 Å². The van der Waals surface area contributed by atoms with Crippen molar-refractivity contribution >= 4 is 5.97 Å². The molecule has 1 aromatic carbocycles. The zero-order valence-electron chi connectivity index (χ0n) is 7.86. The Bertz CT molecular complexity index is 270. The molecule has 0 aliphatic rings. The van der Waals surface area contributed by atoms with E-state index in [0.29, 0.717) is 12.3 Å². The lowest BCUT2D eigenvalue weighted by Gasteiger charge is -2.09. The highest BCUT2D eigenvalue weighted by molar-refractivity contribution is 5.89. The SMILES string of the molecule is CN(C)COC(=O)c1ccccc1. The van der Waals surface area contributed by atoms with E-state index in [1.54, 1.807) is 17.0 Å². The Labute approximate surface area is 77.9 Å². The molecule has 3 nitrogen and oxygen atoms in total. The third-order valence-electron chi connectivity index (χ3n) is 1.46. The molecule has 0 N–H and O–H groups in total. The van der Waals surface area contributed by atoms with Crippen molar-refractivity contribution in [3.05, 3.63) is 35.9 Å². The van der Waals surface area contributed by atoms with Crippen LogP contribution in [0.2, 0.25) is 0 Å². The van der Waals surface area contributed by atoms with Gasteiger partial charge in [-0.25, -0.2) is 4.79 Å². The van der Waals surface area contributed by atoms with Crippen molar-refractivity contribution in [3.63, 3.8) is 0 Å². The van der Waals surface area contributed by atoms with Gasteiger partial charge in [0, 0.05) is 0 Å². The van der Waals surface area contributed by atoms with Crippen molar-refractivity contribution in [2.45, 2.75) is 0 Å². The van der Waals surface area contributed by atoms with Crippen LogP contribution in [0.1, 0.15) is 10.4 Å². The van der Waals surface area contributed by atoms with Crippen LogP contribution in [0.5, 0.6) is 0 Å². The molecule has 0 aliphatic carbocycles. The van der Waals surface area contributed by atoms with Crippen LogP contribution in [0.3, 0.4) is 0 Å². The van der Waals surface area contributed by atoms with Crippen molar-refractivity contribution in [3.8, 4) is 0 Å². The van der Waals surface area contributed by atoms with Crippen LogP contribution in [0.25, 0.3) is 0 Å². The summed E-state index contributed by atoms with van der Waals surface area (Å²) in [7, 11) is 3.69. The molecule has 3 heteroatoms. The monoisotopic (exact) mass is 179 g/mol. The van der Waals surface area contributed by atoms with Gasteiger partial charge in [0.15, 0.2) is 0 Å². The quantitative estimate of drug-likeness (QED) is 0.518. The summed E-state index contributed by atoms with van der Waals surface area (Å²) in [5.41, 5.74) is 0.587. The molecule has 0 heterocycles. The third-order valence-corrected chi connectivity index (χ3v) is 1.46. The number of nitrogens with zero attached hydrogens (tertiary/aromatic N) is 1. The van der Waals surface area contributed by atoms with E-state index < -0.39 is 0 Å². The molecule has 0 amide bonds. The van der Waals surface area contributed by atoms with Gasteiger partial charge in [-0.05, 0) is 26.2 Å². The predicted octanol–water partition coefficient (Wildman–Crippen LogP) is 1.36. The third kappa shape index (κ3) is 3.25. The Balaban J connectivity index is 2.50. The van der Waals surface area contributed by atoms with Gasteiger partial charge in [-0.1, -0.05) is 18.2 Å². The zero-order valence-corrected chi connectivity index (χ0v) is 7.86. The maximum Gasteiger partial charge on any atom is 0.339 e. The summed E-state index contributed by atoms with van der Waals surface area (Å²) < 4.78 is 4.98. The first kappa shape index (κ1) is 9.74. The number of rotatable bonds is 3. The second-order valence-electron chi connectivity index (χ2n) is 3.01. The van der Waals surface area contributed by atoms with Crippen molar-refractivity contribution in [2.24, 2.45) is 0 Å². The average molecular weight is 179 g/mol. The first-order valence-corrected chi connectivity index (χ1v) is 4.07. The highest BCUT2D eigenvalue weighted by atomic mass is 16.5. The van der Waals surface area contributed by atoms with E-state index in [1.165, 1.54) is 0 Å². The van der Waals surface area contributed by atoms with E-state index in [2.05, 4.69) is 0 Å². The molecule has 0 aromatic heterocycles. The molecule has 0 bridgehead atoms. The second kappa shape index (κ2) is 4.62. The average Bonchev–Trinajstić information content (AvgIpc) is 2.15. The van der Waals surface area contributed by atoms with E-state index in [1.807, 2.05) is 32.3 Å². The fourth-order valence-electron chi connectivity index (χ4n) is 0.845. The van der Waals surface area contributed by atoms with Crippen LogP contribution in [-0.4, -0.2) is 31.7 Å². The van der Waals surface area contributed by atoms with E-state index in [0.717, 1.165) is 0 Å². The number of esters is 1. The van der Waals surface area contributed by atoms with Crippen LogP contribution >= 0.6 is 0 Å². The lowest BCUT2D eigenvalue weighted by molar-refractivity contribution is 0.0319. The van der Waals surface area contributed by atoms with Crippen LogP contribution in [0, 0.1) is 0 Å². The number of benzene rings is 1. The Kier molecular flexibility index (Phi) is 3.46. The van der Waals surface area contributed by atoms with Crippen molar-refractivity contribution in [1.29, 1.82) is 0 Å². The maximum atomic E-state index is 11.3. The van der Waals surface area contributed by atoms with Gasteiger partial charge in [-0.2, -0.15) is 0 Å². The first-order chi connectivity index (χ1) is 6.20. The highest BCUT2D eigenvalue weighted by Crippen LogP contribution is 2.00. The van der Waals surface area contributed by atoms with Gasteiger partial charge in [0.1, 0.15) is 6.73 Å². The normalized spacial score (nSPS) is 10.1. The van der Waals surface area contributed by atoms with Gasteiger partial charge in [0.2, 0.25) is 0 Å². The molecule has 0 fully saturated rings. The van der Waals surface area contributed by atoms with Gasteiger partial charge >= 0.3 is 5.97 Å². The minimum Gasteiger partial charge on any atom is -0.446 e. The fourth-order valence-corrected chi connectivity index (χ4v) is 0.845. The number of hydrogen-bond acceptors (Lipinski definition) is 3. The molecule has 1 rings (SSSR count). The summed E-state index contributed by atoms with van der Waals surface area (Å²) in [6, 6.07) is 8.96. The molecule has 1 aromatic rings. The smallest absolute Gasteiger partial charge is 0.339 e. The molecule has 0 atom stereocenters. The van der Waals surface area contributed by atoms with Gasteiger partial charge in [0.05, 0.1) is 5.56 Å². The summed E-state index contributed by atoms with van der Waals surface area (Å²) in [6.07, 6.45) is 0. The minimum absolute atomic E-state index is 0.283. The zero-order chi connectivity index (χ0) is 9.68. The number of ether oxygens (including phenoxy) is 1. The molecule has 70 valence electrons. The molecule has 0 spiro atoms. The fraction of sp³-hybridized carbons (Fsp3) is 0.300. The molecule has 0 aliphatic heterocycles. The molecule has 0 saturated heterocycles. The molecular formula is C10H13NO2. The topological polar surface area (TPSA) is 29.5 Å². The van der Waals surface area contributed by atoms with Crippen molar-refractivity contribution in [1.82, 2.24) is 4.90 Å². The van der Waals surface area contributed by atoms with Crippen LogP contribution in [-0.2, 0) is 4.74 Å². The molecule has 0 radical (unpaired) electrons. The van der Waals surface area contributed by atoms with Crippen LogP contribution in [0.4, 0.5) is 0 Å². The Morgan fingerprint density at radius 3 is 2.46 bits per heavy atom. The lowest BCUT2D eigenvalue weighted by Crippen LogP contribution is -2.19. The molecule has 0 unspecified atom stereocenters. The number of hydrogen-bond donors (Lipinski definition) is 0. The number of carbonyl (C=O) groups excluding carboxylic acids is 1. The summed E-state index contributed by atoms with van der Waals surface area (Å²) in [4.78, 5) is 13.1. The summed E-state index contributed by atoms with van der Waals surface area (Å²) in [5, 5.41) is 0. The molecule has 0 saturated carbocycles.